The fourth-order valence-electron chi connectivity index (χ4n) is 3.28. The molecule has 2 saturated heterocycles. The molecule has 2 aliphatic rings. The Morgan fingerprint density at radius 3 is 2.57 bits per heavy atom. The van der Waals surface area contributed by atoms with Crippen molar-refractivity contribution < 1.29 is 19.7 Å². The third-order valence-electron chi connectivity index (χ3n) is 4.20. The lowest BCUT2D eigenvalue weighted by atomic mass is 9.80. The number of piperidine rings is 1. The number of carbonyl (C=O) groups is 1. The Labute approximate surface area is 126 Å². The number of amides is 1. The number of rotatable bonds is 3. The van der Waals surface area contributed by atoms with Crippen molar-refractivity contribution >= 4 is 6.09 Å². The van der Waals surface area contributed by atoms with Gasteiger partial charge in [-0.25, -0.2) is 4.79 Å². The second kappa shape index (κ2) is 6.10. The van der Waals surface area contributed by atoms with E-state index in [-0.39, 0.29) is 18.7 Å². The molecule has 6 nitrogen and oxygen atoms in total. The van der Waals surface area contributed by atoms with Crippen LogP contribution in [0.1, 0.15) is 40.0 Å². The van der Waals surface area contributed by atoms with E-state index < -0.39 is 11.2 Å². The van der Waals surface area contributed by atoms with Gasteiger partial charge in [-0.15, -0.1) is 0 Å². The topological polar surface area (TPSA) is 73.2 Å². The summed E-state index contributed by atoms with van der Waals surface area (Å²) in [6.45, 7) is 7.72. The number of hydrogen-bond acceptors (Lipinski definition) is 5. The molecule has 0 radical (unpaired) electrons. The molecule has 2 heterocycles. The number of hydrogen-bond donors (Lipinski definition) is 2. The number of aliphatic hydroxyl groups excluding tert-OH is 1. The van der Waals surface area contributed by atoms with Crippen molar-refractivity contribution in [3.05, 3.63) is 0 Å². The van der Waals surface area contributed by atoms with Gasteiger partial charge in [0.1, 0.15) is 11.2 Å². The molecule has 0 aromatic heterocycles. The largest absolute Gasteiger partial charge is 0.444 e. The highest BCUT2D eigenvalue weighted by Crippen LogP contribution is 2.34. The number of carbonyl (C=O) groups excluding carboxylic acids is 1. The minimum atomic E-state index is -0.869. The fourth-order valence-corrected chi connectivity index (χ4v) is 3.28. The first kappa shape index (κ1) is 16.5. The van der Waals surface area contributed by atoms with Crippen LogP contribution in [0, 0.1) is 0 Å². The van der Waals surface area contributed by atoms with Gasteiger partial charge in [0.2, 0.25) is 0 Å². The summed E-state index contributed by atoms with van der Waals surface area (Å²) in [6.07, 6.45) is 2.74. The highest BCUT2D eigenvalue weighted by atomic mass is 16.6. The summed E-state index contributed by atoms with van der Waals surface area (Å²) in [5, 5.41) is 19.9. The molecular weight excluding hydrogens is 272 g/mol. The summed E-state index contributed by atoms with van der Waals surface area (Å²) in [4.78, 5) is 15.7. The van der Waals surface area contributed by atoms with Crippen LogP contribution in [-0.2, 0) is 4.74 Å². The summed E-state index contributed by atoms with van der Waals surface area (Å²) < 4.78 is 5.32. The molecule has 0 aromatic carbocycles. The zero-order valence-electron chi connectivity index (χ0n) is 13.3. The van der Waals surface area contributed by atoms with E-state index in [1.165, 1.54) is 0 Å². The molecule has 0 aliphatic carbocycles. The van der Waals surface area contributed by atoms with Gasteiger partial charge in [-0.05, 0) is 40.2 Å². The van der Waals surface area contributed by atoms with Gasteiger partial charge in [0.15, 0.2) is 0 Å². The van der Waals surface area contributed by atoms with Gasteiger partial charge in [0, 0.05) is 12.6 Å². The van der Waals surface area contributed by atoms with Crippen LogP contribution in [-0.4, -0.2) is 76.1 Å². The minimum Gasteiger partial charge on any atom is -0.444 e. The van der Waals surface area contributed by atoms with Crippen molar-refractivity contribution in [3.63, 3.8) is 0 Å². The Balaban J connectivity index is 1.92. The van der Waals surface area contributed by atoms with E-state index in [2.05, 4.69) is 4.90 Å². The highest BCUT2D eigenvalue weighted by Gasteiger charge is 2.52. The van der Waals surface area contributed by atoms with Gasteiger partial charge in [-0.1, -0.05) is 6.42 Å². The smallest absolute Gasteiger partial charge is 0.410 e. The first-order valence-electron chi connectivity index (χ1n) is 7.80. The molecule has 1 atom stereocenters. The van der Waals surface area contributed by atoms with E-state index in [1.807, 2.05) is 20.8 Å². The summed E-state index contributed by atoms with van der Waals surface area (Å²) in [6, 6.07) is 0.0251. The van der Waals surface area contributed by atoms with Gasteiger partial charge >= 0.3 is 6.09 Å². The fraction of sp³-hybridized carbons (Fsp3) is 0.933. The molecule has 0 aromatic rings. The Morgan fingerprint density at radius 1 is 1.33 bits per heavy atom. The van der Waals surface area contributed by atoms with Crippen LogP contribution in [0.15, 0.2) is 0 Å². The Bertz CT molecular complexity index is 372. The second-order valence-electron chi connectivity index (χ2n) is 7.21. The molecule has 2 rings (SSSR count). The van der Waals surface area contributed by atoms with Gasteiger partial charge < -0.3 is 19.8 Å². The van der Waals surface area contributed by atoms with Crippen molar-refractivity contribution in [1.29, 1.82) is 0 Å². The summed E-state index contributed by atoms with van der Waals surface area (Å²) in [5.74, 6) is 0. The third-order valence-corrected chi connectivity index (χ3v) is 4.20. The molecule has 1 amide bonds. The van der Waals surface area contributed by atoms with Gasteiger partial charge in [-0.3, -0.25) is 4.90 Å². The quantitative estimate of drug-likeness (QED) is 0.807. The number of ether oxygens (including phenoxy) is 1. The van der Waals surface area contributed by atoms with Crippen LogP contribution < -0.4 is 0 Å². The average Bonchev–Trinajstić information content (AvgIpc) is 2.34. The summed E-state index contributed by atoms with van der Waals surface area (Å²) in [7, 11) is 0. The SMILES string of the molecule is CC(C)(C)OC(=O)N1CC(O)(C2CCCCN2CCO)C1. The van der Waals surface area contributed by atoms with Gasteiger partial charge in [0.25, 0.3) is 0 Å². The highest BCUT2D eigenvalue weighted by molar-refractivity contribution is 5.69. The van der Waals surface area contributed by atoms with Gasteiger partial charge in [-0.2, -0.15) is 0 Å². The average molecular weight is 300 g/mol. The molecule has 2 fully saturated rings. The number of β-amino-alcohol motifs (C(OH)–C–C–N with tert-alkyl or cyclic N) is 2. The lowest BCUT2D eigenvalue weighted by Gasteiger charge is -2.54. The van der Waals surface area contributed by atoms with E-state index in [1.54, 1.807) is 4.90 Å². The first-order chi connectivity index (χ1) is 9.75. The molecular formula is C15H28N2O4. The van der Waals surface area contributed by atoms with Crippen LogP contribution in [0.4, 0.5) is 4.79 Å². The van der Waals surface area contributed by atoms with Crippen molar-refractivity contribution in [2.45, 2.75) is 57.3 Å². The maximum absolute atomic E-state index is 12.0. The molecule has 0 saturated carbocycles. The lowest BCUT2D eigenvalue weighted by Crippen LogP contribution is -2.72. The Morgan fingerprint density at radius 2 is 2.00 bits per heavy atom. The summed E-state index contributed by atoms with van der Waals surface area (Å²) in [5.41, 5.74) is -1.38. The van der Waals surface area contributed by atoms with Crippen molar-refractivity contribution in [2.24, 2.45) is 0 Å². The Kier molecular flexibility index (Phi) is 4.80. The number of nitrogens with zero attached hydrogens (tertiary/aromatic N) is 2. The van der Waals surface area contributed by atoms with E-state index >= 15 is 0 Å². The van der Waals surface area contributed by atoms with Crippen molar-refractivity contribution in [2.75, 3.05) is 32.8 Å². The molecule has 6 heteroatoms. The maximum atomic E-state index is 12.0. The van der Waals surface area contributed by atoms with E-state index in [0.29, 0.717) is 19.6 Å². The summed E-state index contributed by atoms with van der Waals surface area (Å²) >= 11 is 0. The standard InChI is InChI=1S/C15H28N2O4/c1-14(2,3)21-13(19)17-10-15(20,11-17)12-6-4-5-7-16(12)8-9-18/h12,18,20H,4-11H2,1-3H3. The van der Waals surface area contributed by atoms with E-state index in [9.17, 15) is 9.90 Å². The molecule has 0 spiro atoms. The lowest BCUT2D eigenvalue weighted by molar-refractivity contribution is -0.150. The predicted octanol–water partition coefficient (Wildman–Crippen LogP) is 0.815. The van der Waals surface area contributed by atoms with Crippen molar-refractivity contribution in [3.8, 4) is 0 Å². The molecule has 0 bridgehead atoms. The minimum absolute atomic E-state index is 0.0251. The van der Waals surface area contributed by atoms with Crippen LogP contribution in [0.3, 0.4) is 0 Å². The zero-order valence-corrected chi connectivity index (χ0v) is 13.3. The molecule has 2 N–H and O–H groups in total. The van der Waals surface area contributed by atoms with E-state index in [4.69, 9.17) is 9.84 Å². The number of likely N-dealkylation sites (tertiary alicyclic amines) is 2. The van der Waals surface area contributed by atoms with Crippen LogP contribution in [0.5, 0.6) is 0 Å². The van der Waals surface area contributed by atoms with Crippen LogP contribution >= 0.6 is 0 Å². The normalized spacial score (nSPS) is 26.3. The van der Waals surface area contributed by atoms with E-state index in [0.717, 1.165) is 25.8 Å². The van der Waals surface area contributed by atoms with Crippen LogP contribution in [0.25, 0.3) is 0 Å². The first-order valence-corrected chi connectivity index (χ1v) is 7.80. The number of aliphatic hydroxyl groups is 2. The van der Waals surface area contributed by atoms with Crippen LogP contribution in [0.2, 0.25) is 0 Å². The van der Waals surface area contributed by atoms with Crippen molar-refractivity contribution in [1.82, 2.24) is 9.80 Å². The molecule has 2 aliphatic heterocycles. The molecule has 1 unspecified atom stereocenters. The van der Waals surface area contributed by atoms with Gasteiger partial charge in [0.05, 0.1) is 19.7 Å². The Hall–Kier alpha value is -0.850. The molecule has 122 valence electrons. The second-order valence-corrected chi connectivity index (χ2v) is 7.21. The molecule has 21 heavy (non-hydrogen) atoms. The predicted molar refractivity (Wildman–Crippen MR) is 79.1 cm³/mol. The monoisotopic (exact) mass is 300 g/mol. The maximum Gasteiger partial charge on any atom is 0.410 e. The third kappa shape index (κ3) is 3.87. The zero-order chi connectivity index (χ0) is 15.7.